The molecule has 5 heteroatoms. The number of rotatable bonds is 1. The van der Waals surface area contributed by atoms with Gasteiger partial charge in [0.25, 0.3) is 0 Å². The number of nitrogens with zero attached hydrogens (tertiary/aromatic N) is 1. The van der Waals surface area contributed by atoms with E-state index in [2.05, 4.69) is 5.10 Å². The van der Waals surface area contributed by atoms with Crippen LogP contribution in [0.25, 0.3) is 0 Å². The van der Waals surface area contributed by atoms with Gasteiger partial charge in [0.1, 0.15) is 0 Å². The molecule has 16 heavy (non-hydrogen) atoms. The van der Waals surface area contributed by atoms with Crippen LogP contribution in [-0.2, 0) is 4.74 Å². The Balaban J connectivity index is 1.92. The van der Waals surface area contributed by atoms with Crippen LogP contribution < -0.4 is 11.6 Å². The van der Waals surface area contributed by atoms with Crippen molar-refractivity contribution in [2.75, 3.05) is 6.61 Å². The molecule has 1 saturated carbocycles. The van der Waals surface area contributed by atoms with Crippen molar-refractivity contribution < 1.29 is 4.74 Å². The topological polar surface area (TPSA) is 73.6 Å². The molecule has 2 aliphatic rings. The molecule has 0 aromatic rings. The summed E-state index contributed by atoms with van der Waals surface area (Å²) in [4.78, 5) is 0. The molecule has 1 unspecified atom stereocenters. The fourth-order valence-electron chi connectivity index (χ4n) is 2.83. The molecule has 2 fully saturated rings. The molecule has 0 bridgehead atoms. The maximum atomic E-state index is 6.03. The van der Waals surface area contributed by atoms with E-state index in [1.165, 1.54) is 32.1 Å². The van der Waals surface area contributed by atoms with Gasteiger partial charge in [-0.2, -0.15) is 5.10 Å². The molecule has 2 rings (SSSR count). The lowest BCUT2D eigenvalue weighted by Crippen LogP contribution is -2.43. The Kier molecular flexibility index (Phi) is 3.97. The maximum Gasteiger partial charge on any atom is 0.177 e. The second-order valence-corrected chi connectivity index (χ2v) is 6.11. The molecule has 1 saturated heterocycles. The van der Waals surface area contributed by atoms with Crippen LogP contribution in [0.2, 0.25) is 0 Å². The molecule has 0 amide bonds. The number of hydrogen-bond donors (Lipinski definition) is 2. The minimum absolute atomic E-state index is 0.142. The number of ether oxygens (including phenoxy) is 1. The molecular formula is C11H21N3OS. The van der Waals surface area contributed by atoms with E-state index in [1.807, 2.05) is 0 Å². The number of nitrogens with two attached hydrogens (primary N) is 2. The molecule has 0 aromatic carbocycles. The highest BCUT2D eigenvalue weighted by molar-refractivity contribution is 8.14. The van der Waals surface area contributed by atoms with E-state index in [0.29, 0.717) is 10.4 Å². The lowest BCUT2D eigenvalue weighted by Gasteiger charge is -2.43. The van der Waals surface area contributed by atoms with Gasteiger partial charge in [-0.05, 0) is 25.7 Å². The van der Waals surface area contributed by atoms with Crippen LogP contribution in [0, 0.1) is 0 Å². The third-order valence-corrected chi connectivity index (χ3v) is 4.71. The van der Waals surface area contributed by atoms with Gasteiger partial charge >= 0.3 is 0 Å². The summed E-state index contributed by atoms with van der Waals surface area (Å²) in [7, 11) is 0. The quantitative estimate of drug-likeness (QED) is 0.319. The Morgan fingerprint density at radius 1 is 1.31 bits per heavy atom. The van der Waals surface area contributed by atoms with Gasteiger partial charge in [0.15, 0.2) is 5.17 Å². The maximum absolute atomic E-state index is 6.03. The van der Waals surface area contributed by atoms with E-state index in [-0.39, 0.29) is 5.60 Å². The summed E-state index contributed by atoms with van der Waals surface area (Å²) in [6.45, 7) is 0.857. The molecule has 1 spiro atoms. The van der Waals surface area contributed by atoms with Gasteiger partial charge in [0.2, 0.25) is 0 Å². The van der Waals surface area contributed by atoms with Crippen molar-refractivity contribution in [3.63, 3.8) is 0 Å². The summed E-state index contributed by atoms with van der Waals surface area (Å²) < 4.78 is 6.03. The SMILES string of the molecule is NN=C(N)SC1CCOC2(CCCCC2)C1. The van der Waals surface area contributed by atoms with E-state index in [4.69, 9.17) is 16.3 Å². The molecule has 1 heterocycles. The van der Waals surface area contributed by atoms with Gasteiger partial charge in [-0.25, -0.2) is 0 Å². The van der Waals surface area contributed by atoms with Crippen molar-refractivity contribution in [3.05, 3.63) is 0 Å². The summed E-state index contributed by atoms with van der Waals surface area (Å²) in [5.41, 5.74) is 5.81. The first-order valence-corrected chi connectivity index (χ1v) is 6.96. The second-order valence-electron chi connectivity index (χ2n) is 4.79. The first-order valence-electron chi connectivity index (χ1n) is 6.08. The molecule has 4 N–H and O–H groups in total. The molecule has 1 atom stereocenters. The largest absolute Gasteiger partial charge is 0.377 e. The highest BCUT2D eigenvalue weighted by atomic mass is 32.2. The van der Waals surface area contributed by atoms with Crippen molar-refractivity contribution in [2.24, 2.45) is 16.7 Å². The van der Waals surface area contributed by atoms with Crippen LogP contribution in [0.1, 0.15) is 44.9 Å². The summed E-state index contributed by atoms with van der Waals surface area (Å²) in [5.74, 6) is 5.17. The van der Waals surface area contributed by atoms with Crippen LogP contribution in [0.5, 0.6) is 0 Å². The van der Waals surface area contributed by atoms with Crippen molar-refractivity contribution >= 4 is 16.9 Å². The van der Waals surface area contributed by atoms with Gasteiger partial charge in [-0.3, -0.25) is 0 Å². The van der Waals surface area contributed by atoms with E-state index in [1.54, 1.807) is 11.8 Å². The number of thioether (sulfide) groups is 1. The first kappa shape index (κ1) is 12.0. The fraction of sp³-hybridized carbons (Fsp3) is 0.909. The summed E-state index contributed by atoms with van der Waals surface area (Å²) >= 11 is 1.61. The van der Waals surface area contributed by atoms with E-state index < -0.39 is 0 Å². The second kappa shape index (κ2) is 5.27. The number of hydrogen-bond acceptors (Lipinski definition) is 4. The van der Waals surface area contributed by atoms with Crippen LogP contribution in [0.4, 0.5) is 0 Å². The summed E-state index contributed by atoms with van der Waals surface area (Å²) in [6.07, 6.45) is 8.55. The van der Waals surface area contributed by atoms with Crippen LogP contribution in [-0.4, -0.2) is 22.6 Å². The first-order chi connectivity index (χ1) is 7.74. The average Bonchev–Trinajstić information content (AvgIpc) is 2.30. The predicted molar refractivity (Wildman–Crippen MR) is 68.2 cm³/mol. The van der Waals surface area contributed by atoms with Crippen molar-refractivity contribution in [2.45, 2.75) is 55.8 Å². The van der Waals surface area contributed by atoms with E-state index in [9.17, 15) is 0 Å². The Labute approximate surface area is 101 Å². The zero-order chi connectivity index (χ0) is 11.4. The summed E-state index contributed by atoms with van der Waals surface area (Å²) in [5, 5.41) is 4.56. The Morgan fingerprint density at radius 3 is 2.75 bits per heavy atom. The predicted octanol–water partition coefficient (Wildman–Crippen LogP) is 1.79. The van der Waals surface area contributed by atoms with Crippen LogP contribution >= 0.6 is 11.8 Å². The number of amidine groups is 1. The number of hydrazone groups is 1. The zero-order valence-electron chi connectivity index (χ0n) is 9.65. The average molecular weight is 243 g/mol. The highest BCUT2D eigenvalue weighted by Crippen LogP contribution is 2.41. The van der Waals surface area contributed by atoms with Gasteiger partial charge in [-0.1, -0.05) is 31.0 Å². The monoisotopic (exact) mass is 243 g/mol. The van der Waals surface area contributed by atoms with Crippen molar-refractivity contribution in [1.29, 1.82) is 0 Å². The smallest absolute Gasteiger partial charge is 0.177 e. The van der Waals surface area contributed by atoms with Crippen molar-refractivity contribution in [1.82, 2.24) is 0 Å². The van der Waals surface area contributed by atoms with Gasteiger partial charge in [0.05, 0.1) is 5.60 Å². The molecular weight excluding hydrogens is 222 g/mol. The minimum atomic E-state index is 0.142. The third kappa shape index (κ3) is 2.83. The standard InChI is InChI=1S/C11H21N3OS/c12-10(14-13)16-9-4-7-15-11(8-9)5-2-1-3-6-11/h9H,1-8,13H2,(H2,12,14). The Bertz CT molecular complexity index is 258. The van der Waals surface area contributed by atoms with Crippen LogP contribution in [0.3, 0.4) is 0 Å². The lowest BCUT2D eigenvalue weighted by atomic mass is 9.80. The Hall–Kier alpha value is -0.420. The van der Waals surface area contributed by atoms with Gasteiger partial charge < -0.3 is 16.3 Å². The summed E-state index contributed by atoms with van der Waals surface area (Å²) in [6, 6.07) is 0. The highest BCUT2D eigenvalue weighted by Gasteiger charge is 2.38. The molecule has 92 valence electrons. The third-order valence-electron chi connectivity index (χ3n) is 3.63. The molecule has 1 aliphatic heterocycles. The Morgan fingerprint density at radius 2 is 2.06 bits per heavy atom. The van der Waals surface area contributed by atoms with Gasteiger partial charge in [-0.15, -0.1) is 0 Å². The molecule has 0 aromatic heterocycles. The zero-order valence-corrected chi connectivity index (χ0v) is 10.5. The fourth-order valence-corrected chi connectivity index (χ4v) is 3.83. The van der Waals surface area contributed by atoms with Crippen molar-refractivity contribution in [3.8, 4) is 0 Å². The molecule has 0 radical (unpaired) electrons. The van der Waals surface area contributed by atoms with Crippen LogP contribution in [0.15, 0.2) is 5.10 Å². The normalized spacial score (nSPS) is 30.5. The van der Waals surface area contributed by atoms with E-state index in [0.717, 1.165) is 19.4 Å². The molecule has 1 aliphatic carbocycles. The minimum Gasteiger partial charge on any atom is -0.377 e. The molecule has 4 nitrogen and oxygen atoms in total. The van der Waals surface area contributed by atoms with Gasteiger partial charge in [0, 0.05) is 11.9 Å². The van der Waals surface area contributed by atoms with E-state index >= 15 is 0 Å². The lowest BCUT2D eigenvalue weighted by molar-refractivity contribution is -0.0970.